The molecule has 1 fully saturated rings. The van der Waals surface area contributed by atoms with Crippen LogP contribution in [0.5, 0.6) is 5.75 Å². The van der Waals surface area contributed by atoms with Crippen molar-refractivity contribution in [3.05, 3.63) is 28.3 Å². The van der Waals surface area contributed by atoms with Gasteiger partial charge >= 0.3 is 5.69 Å². The van der Waals surface area contributed by atoms with Crippen molar-refractivity contribution in [2.45, 2.75) is 19.8 Å². The maximum Gasteiger partial charge on any atom is 0.333 e. The van der Waals surface area contributed by atoms with Gasteiger partial charge in [0.1, 0.15) is 5.69 Å². The minimum Gasteiger partial charge on any atom is -0.487 e. The van der Waals surface area contributed by atoms with E-state index in [1.54, 1.807) is 6.07 Å². The minimum atomic E-state index is -0.331. The van der Waals surface area contributed by atoms with E-state index in [1.807, 2.05) is 26.1 Å². The normalized spacial score (nSPS) is 18.6. The standard InChI is InChI=1S/C15H23N3O3/c1-3-21-14-8-4-7-13(15(14)18(19)20)17-9-5-6-12(11-17)10-16-2/h4,7-8,12,16H,3,5-6,9-11H2,1-2H3. The highest BCUT2D eigenvalue weighted by Crippen LogP contribution is 2.38. The van der Waals surface area contributed by atoms with Gasteiger partial charge in [-0.15, -0.1) is 0 Å². The molecule has 1 aliphatic rings. The number of rotatable bonds is 6. The van der Waals surface area contributed by atoms with Crippen LogP contribution < -0.4 is 15.0 Å². The van der Waals surface area contributed by atoms with Crippen LogP contribution in [0.25, 0.3) is 0 Å². The fourth-order valence-electron chi connectivity index (χ4n) is 2.96. The summed E-state index contributed by atoms with van der Waals surface area (Å²) in [5, 5.41) is 14.6. The van der Waals surface area contributed by atoms with E-state index in [9.17, 15) is 10.1 Å². The summed E-state index contributed by atoms with van der Waals surface area (Å²) < 4.78 is 5.42. The van der Waals surface area contributed by atoms with E-state index in [1.165, 1.54) is 0 Å². The molecule has 1 saturated heterocycles. The summed E-state index contributed by atoms with van der Waals surface area (Å²) in [5.74, 6) is 0.884. The molecule has 1 heterocycles. The number of para-hydroxylation sites is 1. The molecular formula is C15H23N3O3. The lowest BCUT2D eigenvalue weighted by Crippen LogP contribution is -2.39. The zero-order valence-electron chi connectivity index (χ0n) is 12.7. The summed E-state index contributed by atoms with van der Waals surface area (Å²) in [5.41, 5.74) is 0.760. The number of benzene rings is 1. The fourth-order valence-corrected chi connectivity index (χ4v) is 2.96. The van der Waals surface area contributed by atoms with Crippen LogP contribution in [0.2, 0.25) is 0 Å². The van der Waals surface area contributed by atoms with Gasteiger partial charge in [-0.1, -0.05) is 6.07 Å². The van der Waals surface area contributed by atoms with Crippen LogP contribution in [0.15, 0.2) is 18.2 Å². The molecule has 0 radical (unpaired) electrons. The minimum absolute atomic E-state index is 0.0875. The molecule has 6 heteroatoms. The van der Waals surface area contributed by atoms with Crippen molar-refractivity contribution in [3.63, 3.8) is 0 Å². The Morgan fingerprint density at radius 1 is 1.52 bits per heavy atom. The lowest BCUT2D eigenvalue weighted by atomic mass is 9.97. The van der Waals surface area contributed by atoms with E-state index in [2.05, 4.69) is 10.2 Å². The molecule has 1 atom stereocenters. The van der Waals surface area contributed by atoms with Crippen molar-refractivity contribution in [1.82, 2.24) is 5.32 Å². The first-order valence-corrected chi connectivity index (χ1v) is 7.47. The van der Waals surface area contributed by atoms with Crippen LogP contribution in [0.3, 0.4) is 0 Å². The second kappa shape index (κ2) is 7.26. The lowest BCUT2D eigenvalue weighted by molar-refractivity contribution is -0.385. The molecule has 1 unspecified atom stereocenters. The second-order valence-corrected chi connectivity index (χ2v) is 5.33. The van der Waals surface area contributed by atoms with Gasteiger partial charge in [-0.2, -0.15) is 0 Å². The van der Waals surface area contributed by atoms with E-state index in [-0.39, 0.29) is 10.6 Å². The first-order chi connectivity index (χ1) is 10.2. The Kier molecular flexibility index (Phi) is 5.38. The third-order valence-electron chi connectivity index (χ3n) is 3.81. The van der Waals surface area contributed by atoms with Crippen LogP contribution in [-0.2, 0) is 0 Å². The molecule has 2 rings (SSSR count). The predicted octanol–water partition coefficient (Wildman–Crippen LogP) is 2.43. The molecule has 0 bridgehead atoms. The Balaban J connectivity index is 2.29. The van der Waals surface area contributed by atoms with E-state index < -0.39 is 0 Å². The summed E-state index contributed by atoms with van der Waals surface area (Å²) in [6.45, 7) is 4.90. The highest BCUT2D eigenvalue weighted by atomic mass is 16.6. The van der Waals surface area contributed by atoms with Gasteiger partial charge in [0.15, 0.2) is 5.75 Å². The predicted molar refractivity (Wildman–Crippen MR) is 83.1 cm³/mol. The fraction of sp³-hybridized carbons (Fsp3) is 0.600. The van der Waals surface area contributed by atoms with Crippen molar-refractivity contribution in [2.24, 2.45) is 5.92 Å². The number of anilines is 1. The monoisotopic (exact) mass is 293 g/mol. The molecule has 0 saturated carbocycles. The van der Waals surface area contributed by atoms with E-state index in [0.29, 0.717) is 24.0 Å². The third-order valence-corrected chi connectivity index (χ3v) is 3.81. The lowest BCUT2D eigenvalue weighted by Gasteiger charge is -2.34. The van der Waals surface area contributed by atoms with Gasteiger partial charge in [-0.25, -0.2) is 0 Å². The van der Waals surface area contributed by atoms with E-state index in [4.69, 9.17) is 4.74 Å². The smallest absolute Gasteiger partial charge is 0.333 e. The number of nitro groups is 1. The molecule has 1 aromatic rings. The van der Waals surface area contributed by atoms with Gasteiger partial charge in [0.25, 0.3) is 0 Å². The van der Waals surface area contributed by atoms with Crippen LogP contribution in [0.4, 0.5) is 11.4 Å². The Morgan fingerprint density at radius 2 is 2.33 bits per heavy atom. The summed E-state index contributed by atoms with van der Waals surface area (Å²) in [6.07, 6.45) is 2.22. The molecule has 1 aromatic carbocycles. The highest BCUT2D eigenvalue weighted by molar-refractivity contribution is 5.70. The second-order valence-electron chi connectivity index (χ2n) is 5.33. The van der Waals surface area contributed by atoms with Crippen LogP contribution in [0, 0.1) is 16.0 Å². The average molecular weight is 293 g/mol. The van der Waals surface area contributed by atoms with Gasteiger partial charge in [0.2, 0.25) is 0 Å². The summed E-state index contributed by atoms with van der Waals surface area (Å²) in [6, 6.07) is 5.32. The molecule has 0 spiro atoms. The highest BCUT2D eigenvalue weighted by Gasteiger charge is 2.28. The van der Waals surface area contributed by atoms with Crippen molar-refractivity contribution < 1.29 is 9.66 Å². The van der Waals surface area contributed by atoms with Crippen molar-refractivity contribution in [3.8, 4) is 5.75 Å². The largest absolute Gasteiger partial charge is 0.487 e. The molecule has 0 aliphatic carbocycles. The summed E-state index contributed by atoms with van der Waals surface area (Å²) in [4.78, 5) is 13.2. The van der Waals surface area contributed by atoms with E-state index in [0.717, 1.165) is 32.5 Å². The molecule has 0 amide bonds. The Morgan fingerprint density at radius 3 is 3.00 bits per heavy atom. The van der Waals surface area contributed by atoms with Crippen LogP contribution in [0.1, 0.15) is 19.8 Å². The zero-order chi connectivity index (χ0) is 15.2. The SMILES string of the molecule is CCOc1cccc(N2CCCC(CNC)C2)c1[N+](=O)[O-]. The number of nitrogens with one attached hydrogen (secondary N) is 1. The molecule has 6 nitrogen and oxygen atoms in total. The molecule has 0 aromatic heterocycles. The van der Waals surface area contributed by atoms with Crippen LogP contribution in [-0.4, -0.2) is 38.2 Å². The molecule has 21 heavy (non-hydrogen) atoms. The number of piperidine rings is 1. The van der Waals surface area contributed by atoms with Crippen molar-refractivity contribution in [2.75, 3.05) is 38.2 Å². The Hall–Kier alpha value is -1.82. The number of hydrogen-bond acceptors (Lipinski definition) is 5. The Labute approximate surface area is 125 Å². The maximum atomic E-state index is 11.5. The van der Waals surface area contributed by atoms with E-state index >= 15 is 0 Å². The molecule has 116 valence electrons. The topological polar surface area (TPSA) is 67.6 Å². The first kappa shape index (κ1) is 15.6. The van der Waals surface area contributed by atoms with Gasteiger partial charge < -0.3 is 15.0 Å². The number of hydrogen-bond donors (Lipinski definition) is 1. The number of nitro benzene ring substituents is 1. The molecular weight excluding hydrogens is 270 g/mol. The van der Waals surface area contributed by atoms with Gasteiger partial charge in [0.05, 0.1) is 11.5 Å². The van der Waals surface area contributed by atoms with Crippen molar-refractivity contribution >= 4 is 11.4 Å². The average Bonchev–Trinajstić information content (AvgIpc) is 2.48. The van der Waals surface area contributed by atoms with Gasteiger partial charge in [0, 0.05) is 13.1 Å². The quantitative estimate of drug-likeness (QED) is 0.644. The maximum absolute atomic E-state index is 11.5. The summed E-state index contributed by atoms with van der Waals surface area (Å²) in [7, 11) is 1.94. The van der Waals surface area contributed by atoms with Gasteiger partial charge in [-0.05, 0) is 51.4 Å². The first-order valence-electron chi connectivity index (χ1n) is 7.47. The Bertz CT molecular complexity index is 491. The van der Waals surface area contributed by atoms with Crippen LogP contribution >= 0.6 is 0 Å². The van der Waals surface area contributed by atoms with Gasteiger partial charge in [-0.3, -0.25) is 10.1 Å². The summed E-state index contributed by atoms with van der Waals surface area (Å²) >= 11 is 0. The molecule has 1 N–H and O–H groups in total. The molecule has 1 aliphatic heterocycles. The number of nitrogens with zero attached hydrogens (tertiary/aromatic N) is 2. The van der Waals surface area contributed by atoms with Crippen molar-refractivity contribution in [1.29, 1.82) is 0 Å². The zero-order valence-corrected chi connectivity index (χ0v) is 12.7. The number of ether oxygens (including phenoxy) is 1. The third kappa shape index (κ3) is 3.64.